The van der Waals surface area contributed by atoms with Crippen molar-refractivity contribution in [2.75, 3.05) is 13.1 Å². The highest BCUT2D eigenvalue weighted by atomic mass is 16.2. The molecule has 21 heavy (non-hydrogen) atoms. The zero-order valence-corrected chi connectivity index (χ0v) is 14.5. The number of piperazine rings is 1. The molecule has 2 unspecified atom stereocenters. The van der Waals surface area contributed by atoms with Gasteiger partial charge in [0.2, 0.25) is 0 Å². The van der Waals surface area contributed by atoms with Crippen LogP contribution in [0.2, 0.25) is 0 Å². The highest BCUT2D eigenvalue weighted by molar-refractivity contribution is 5.97. The van der Waals surface area contributed by atoms with E-state index in [4.69, 9.17) is 0 Å². The fourth-order valence-corrected chi connectivity index (χ4v) is 2.89. The lowest BCUT2D eigenvalue weighted by Crippen LogP contribution is -2.59. The van der Waals surface area contributed by atoms with Gasteiger partial charge in [0.1, 0.15) is 11.6 Å². The number of hydrogen-bond acceptors (Lipinski definition) is 3. The van der Waals surface area contributed by atoms with Gasteiger partial charge in [-0.2, -0.15) is 5.26 Å². The number of nitriles is 1. The average Bonchev–Trinajstić information content (AvgIpc) is 2.36. The minimum atomic E-state index is -0.171. The molecule has 4 nitrogen and oxygen atoms in total. The van der Waals surface area contributed by atoms with E-state index in [1.165, 1.54) is 0 Å². The third kappa shape index (κ3) is 4.57. The number of allylic oxidation sites excluding steroid dienone is 1. The SMILES string of the molecule is CC1CN(C(C)C)C(C)CN1C(=O)/C(C#N)=C/C(C)(C)C. The highest BCUT2D eigenvalue weighted by Gasteiger charge is 2.34. The Hall–Kier alpha value is -1.34. The number of hydrogen-bond donors (Lipinski definition) is 0. The summed E-state index contributed by atoms with van der Waals surface area (Å²) in [6, 6.07) is 3.01. The predicted octanol–water partition coefficient (Wildman–Crippen LogP) is 2.81. The number of rotatable bonds is 2. The molecule has 0 bridgehead atoms. The number of amides is 1. The first-order valence-electron chi connectivity index (χ1n) is 7.76. The standard InChI is InChI=1S/C17H29N3O/c1-12(2)19-10-14(4)20(11-13(19)3)16(21)15(9-18)8-17(5,6)7/h8,12-14H,10-11H2,1-7H3/b15-8+. The van der Waals surface area contributed by atoms with Crippen LogP contribution < -0.4 is 0 Å². The van der Waals surface area contributed by atoms with Crippen molar-refractivity contribution in [3.8, 4) is 6.07 Å². The minimum absolute atomic E-state index is 0.129. The summed E-state index contributed by atoms with van der Waals surface area (Å²) in [4.78, 5) is 16.9. The van der Waals surface area contributed by atoms with Gasteiger partial charge in [0.25, 0.3) is 5.91 Å². The van der Waals surface area contributed by atoms with Gasteiger partial charge in [-0.1, -0.05) is 26.8 Å². The van der Waals surface area contributed by atoms with Crippen molar-refractivity contribution in [3.63, 3.8) is 0 Å². The van der Waals surface area contributed by atoms with E-state index in [0.29, 0.717) is 18.6 Å². The topological polar surface area (TPSA) is 47.3 Å². The second-order valence-corrected chi connectivity index (χ2v) is 7.48. The van der Waals surface area contributed by atoms with Crippen LogP contribution in [-0.2, 0) is 4.79 Å². The molecule has 1 saturated heterocycles. The molecule has 0 saturated carbocycles. The van der Waals surface area contributed by atoms with Crippen LogP contribution in [0.15, 0.2) is 11.6 Å². The molecule has 0 aromatic carbocycles. The first-order valence-corrected chi connectivity index (χ1v) is 7.76. The van der Waals surface area contributed by atoms with E-state index in [1.54, 1.807) is 6.08 Å². The zero-order chi connectivity index (χ0) is 16.4. The Labute approximate surface area is 129 Å². The summed E-state index contributed by atoms with van der Waals surface area (Å²) in [5.74, 6) is -0.129. The molecule has 0 aromatic heterocycles. The number of carbonyl (C=O) groups is 1. The normalized spacial score (nSPS) is 25.1. The minimum Gasteiger partial charge on any atom is -0.332 e. The third-order valence-corrected chi connectivity index (χ3v) is 3.89. The Kier molecular flexibility index (Phi) is 5.58. The van der Waals surface area contributed by atoms with Crippen molar-refractivity contribution in [1.82, 2.24) is 9.80 Å². The molecule has 0 radical (unpaired) electrons. The largest absolute Gasteiger partial charge is 0.332 e. The molecule has 0 spiro atoms. The smallest absolute Gasteiger partial charge is 0.264 e. The van der Waals surface area contributed by atoms with E-state index in [1.807, 2.05) is 25.7 Å². The fraction of sp³-hybridized carbons (Fsp3) is 0.765. The average molecular weight is 291 g/mol. The van der Waals surface area contributed by atoms with Gasteiger partial charge in [-0.05, 0) is 33.1 Å². The fourth-order valence-electron chi connectivity index (χ4n) is 2.89. The second-order valence-electron chi connectivity index (χ2n) is 7.48. The molecule has 1 aliphatic heterocycles. The molecule has 1 amide bonds. The van der Waals surface area contributed by atoms with Crippen LogP contribution in [-0.4, -0.2) is 46.9 Å². The Morgan fingerprint density at radius 2 is 1.81 bits per heavy atom. The van der Waals surface area contributed by atoms with Crippen molar-refractivity contribution in [2.24, 2.45) is 5.41 Å². The van der Waals surface area contributed by atoms with E-state index in [0.717, 1.165) is 6.54 Å². The Morgan fingerprint density at radius 1 is 1.24 bits per heavy atom. The maximum absolute atomic E-state index is 12.7. The first-order chi connectivity index (χ1) is 9.56. The molecule has 1 heterocycles. The summed E-state index contributed by atoms with van der Waals surface area (Å²) in [6.45, 7) is 16.1. The van der Waals surface area contributed by atoms with Gasteiger partial charge in [0.05, 0.1) is 0 Å². The van der Waals surface area contributed by atoms with Crippen LogP contribution in [0.3, 0.4) is 0 Å². The monoisotopic (exact) mass is 291 g/mol. The van der Waals surface area contributed by atoms with Gasteiger partial charge >= 0.3 is 0 Å². The predicted molar refractivity (Wildman–Crippen MR) is 85.6 cm³/mol. The Morgan fingerprint density at radius 3 is 2.24 bits per heavy atom. The maximum atomic E-state index is 12.7. The van der Waals surface area contributed by atoms with E-state index in [9.17, 15) is 10.1 Å². The first kappa shape index (κ1) is 17.7. The molecular formula is C17H29N3O. The van der Waals surface area contributed by atoms with Crippen LogP contribution in [0, 0.1) is 16.7 Å². The number of nitrogens with zero attached hydrogens (tertiary/aromatic N) is 3. The molecule has 1 rings (SSSR count). The van der Waals surface area contributed by atoms with Crippen molar-refractivity contribution in [3.05, 3.63) is 11.6 Å². The van der Waals surface area contributed by atoms with E-state index < -0.39 is 0 Å². The third-order valence-electron chi connectivity index (χ3n) is 3.89. The van der Waals surface area contributed by atoms with Crippen LogP contribution in [0.4, 0.5) is 0 Å². The van der Waals surface area contributed by atoms with Crippen LogP contribution in [0.25, 0.3) is 0 Å². The molecule has 4 heteroatoms. The molecular weight excluding hydrogens is 262 g/mol. The van der Waals surface area contributed by atoms with Gasteiger partial charge < -0.3 is 4.90 Å². The summed E-state index contributed by atoms with van der Waals surface area (Å²) >= 11 is 0. The zero-order valence-electron chi connectivity index (χ0n) is 14.5. The van der Waals surface area contributed by atoms with Gasteiger partial charge in [0, 0.05) is 31.2 Å². The Balaban J connectivity index is 2.94. The van der Waals surface area contributed by atoms with Gasteiger partial charge in [-0.25, -0.2) is 0 Å². The lowest BCUT2D eigenvalue weighted by atomic mass is 9.93. The lowest BCUT2D eigenvalue weighted by molar-refractivity contribution is -0.133. The highest BCUT2D eigenvalue weighted by Crippen LogP contribution is 2.22. The number of carbonyl (C=O) groups excluding carboxylic acids is 1. The Bertz CT molecular complexity index is 454. The van der Waals surface area contributed by atoms with E-state index in [2.05, 4.69) is 38.7 Å². The van der Waals surface area contributed by atoms with Crippen molar-refractivity contribution in [2.45, 2.75) is 66.6 Å². The summed E-state index contributed by atoms with van der Waals surface area (Å²) in [5, 5.41) is 9.31. The van der Waals surface area contributed by atoms with Crippen molar-refractivity contribution in [1.29, 1.82) is 5.26 Å². The molecule has 1 aliphatic rings. The molecule has 2 atom stereocenters. The van der Waals surface area contributed by atoms with Crippen molar-refractivity contribution >= 4 is 5.91 Å². The summed E-state index contributed by atoms with van der Waals surface area (Å²) in [7, 11) is 0. The molecule has 1 fully saturated rings. The van der Waals surface area contributed by atoms with Crippen molar-refractivity contribution < 1.29 is 4.79 Å². The van der Waals surface area contributed by atoms with Crippen LogP contribution in [0.1, 0.15) is 48.5 Å². The van der Waals surface area contributed by atoms with Gasteiger partial charge in [-0.15, -0.1) is 0 Å². The maximum Gasteiger partial charge on any atom is 0.264 e. The molecule has 118 valence electrons. The lowest BCUT2D eigenvalue weighted by Gasteiger charge is -2.46. The van der Waals surface area contributed by atoms with Crippen LogP contribution in [0.5, 0.6) is 0 Å². The summed E-state index contributed by atoms with van der Waals surface area (Å²) in [5.41, 5.74) is 0.0922. The van der Waals surface area contributed by atoms with E-state index in [-0.39, 0.29) is 22.9 Å². The quantitative estimate of drug-likeness (QED) is 0.580. The molecule has 0 aromatic rings. The second kappa shape index (κ2) is 6.62. The summed E-state index contributed by atoms with van der Waals surface area (Å²) < 4.78 is 0. The van der Waals surface area contributed by atoms with Crippen LogP contribution >= 0.6 is 0 Å². The summed E-state index contributed by atoms with van der Waals surface area (Å²) in [6.07, 6.45) is 1.78. The van der Waals surface area contributed by atoms with E-state index >= 15 is 0 Å². The molecule has 0 aliphatic carbocycles. The van der Waals surface area contributed by atoms with Gasteiger partial charge in [0.15, 0.2) is 0 Å². The molecule has 0 N–H and O–H groups in total. The van der Waals surface area contributed by atoms with Gasteiger partial charge in [-0.3, -0.25) is 9.69 Å².